The summed E-state index contributed by atoms with van der Waals surface area (Å²) in [6, 6.07) is 0.286. The minimum absolute atomic E-state index is 0.0641. The van der Waals surface area contributed by atoms with E-state index < -0.39 is 10.0 Å². The largest absolute Gasteiger partial charge is 0.459 e. The summed E-state index contributed by atoms with van der Waals surface area (Å²) >= 11 is 0. The molecule has 2 aromatic rings. The minimum Gasteiger partial charge on any atom is -0.459 e. The van der Waals surface area contributed by atoms with E-state index in [1.54, 1.807) is 24.0 Å². The molecule has 0 spiro atoms. The predicted molar refractivity (Wildman–Crippen MR) is 87.0 cm³/mol. The first-order chi connectivity index (χ1) is 11.5. The Bertz CT molecular complexity index is 788. The van der Waals surface area contributed by atoms with Gasteiger partial charge in [-0.05, 0) is 24.8 Å². The highest BCUT2D eigenvalue weighted by molar-refractivity contribution is 7.89. The van der Waals surface area contributed by atoms with Crippen LogP contribution in [0.2, 0.25) is 0 Å². The zero-order valence-corrected chi connectivity index (χ0v) is 14.6. The normalized spacial score (nSPS) is 19.3. The number of sulfonamides is 1. The molecule has 3 heterocycles. The number of hydrogen-bond donors (Lipinski definition) is 0. The number of hydrogen-bond acceptors (Lipinski definition) is 6. The van der Waals surface area contributed by atoms with Gasteiger partial charge in [-0.3, -0.25) is 0 Å². The van der Waals surface area contributed by atoms with Crippen LogP contribution < -0.4 is 4.74 Å². The summed E-state index contributed by atoms with van der Waals surface area (Å²) in [7, 11) is -1.85. The summed E-state index contributed by atoms with van der Waals surface area (Å²) in [5.74, 6) is 0. The number of aryl methyl sites for hydroxylation is 2. The van der Waals surface area contributed by atoms with Crippen molar-refractivity contribution in [1.29, 1.82) is 0 Å². The van der Waals surface area contributed by atoms with Crippen molar-refractivity contribution in [3.8, 4) is 6.01 Å². The molecule has 0 N–H and O–H groups in total. The van der Waals surface area contributed by atoms with Crippen LogP contribution in [0.1, 0.15) is 25.3 Å². The fourth-order valence-corrected chi connectivity index (χ4v) is 4.09. The molecular formula is C15H21N5O3S. The van der Waals surface area contributed by atoms with E-state index in [1.165, 1.54) is 16.8 Å². The monoisotopic (exact) mass is 351 g/mol. The lowest BCUT2D eigenvalue weighted by molar-refractivity contribution is 0.119. The predicted octanol–water partition coefficient (Wildman–Crippen LogP) is 1.00. The molecule has 2 aromatic heterocycles. The van der Waals surface area contributed by atoms with Crippen molar-refractivity contribution in [3.63, 3.8) is 0 Å². The van der Waals surface area contributed by atoms with Crippen molar-refractivity contribution in [2.45, 2.75) is 37.3 Å². The molecule has 9 heteroatoms. The van der Waals surface area contributed by atoms with Crippen LogP contribution in [0.25, 0.3) is 0 Å². The van der Waals surface area contributed by atoms with E-state index in [-0.39, 0.29) is 23.7 Å². The summed E-state index contributed by atoms with van der Waals surface area (Å²) in [5, 5.41) is 0.0641. The van der Waals surface area contributed by atoms with Crippen molar-refractivity contribution in [2.75, 3.05) is 13.1 Å². The highest BCUT2D eigenvalue weighted by Gasteiger charge is 2.32. The van der Waals surface area contributed by atoms with Gasteiger partial charge >= 0.3 is 6.01 Å². The van der Waals surface area contributed by atoms with Crippen molar-refractivity contribution in [3.05, 3.63) is 30.5 Å². The van der Waals surface area contributed by atoms with Crippen LogP contribution in [-0.2, 0) is 23.5 Å². The molecule has 1 fully saturated rings. The van der Waals surface area contributed by atoms with Crippen LogP contribution in [0.3, 0.4) is 0 Å². The van der Waals surface area contributed by atoms with E-state index in [0.717, 1.165) is 24.8 Å². The first kappa shape index (κ1) is 16.8. The van der Waals surface area contributed by atoms with E-state index in [1.807, 2.05) is 6.92 Å². The molecule has 0 aliphatic carbocycles. The van der Waals surface area contributed by atoms with Crippen LogP contribution in [0.4, 0.5) is 0 Å². The summed E-state index contributed by atoms with van der Waals surface area (Å²) in [5.41, 5.74) is 1.03. The molecule has 1 saturated heterocycles. The first-order valence-corrected chi connectivity index (χ1v) is 9.38. The van der Waals surface area contributed by atoms with Gasteiger partial charge in [0.25, 0.3) is 10.0 Å². The molecule has 130 valence electrons. The first-order valence-electron chi connectivity index (χ1n) is 7.94. The summed E-state index contributed by atoms with van der Waals surface area (Å²) in [6.45, 7) is 2.77. The zero-order chi connectivity index (χ0) is 17.2. The fraction of sp³-hybridized carbons (Fsp3) is 0.533. The molecule has 0 bridgehead atoms. The third-order valence-electron chi connectivity index (χ3n) is 3.99. The third kappa shape index (κ3) is 3.57. The number of ether oxygens (including phenoxy) is 1. The molecule has 0 aromatic carbocycles. The Balaban J connectivity index is 1.69. The van der Waals surface area contributed by atoms with Crippen LogP contribution in [0.15, 0.2) is 29.9 Å². The smallest absolute Gasteiger partial charge is 0.316 e. The van der Waals surface area contributed by atoms with Gasteiger partial charge in [0.05, 0.1) is 12.9 Å². The topological polar surface area (TPSA) is 90.2 Å². The molecule has 1 aliphatic rings. The molecule has 1 unspecified atom stereocenters. The summed E-state index contributed by atoms with van der Waals surface area (Å²) in [6.07, 6.45) is 8.54. The van der Waals surface area contributed by atoms with Crippen molar-refractivity contribution >= 4 is 10.0 Å². The number of nitrogens with zero attached hydrogens (tertiary/aromatic N) is 5. The standard InChI is InChI=1S/C15H21N5O3S/c1-3-12-7-16-15(17-8-12)23-13-5-4-6-20(9-13)24(21,22)14-10-19(2)11-18-14/h7-8,10-11,13H,3-6,9H2,1-2H3. The molecule has 3 rings (SSSR count). The lowest BCUT2D eigenvalue weighted by Gasteiger charge is -2.30. The van der Waals surface area contributed by atoms with Crippen LogP contribution in [0, 0.1) is 0 Å². The van der Waals surface area contributed by atoms with Gasteiger partial charge in [0.2, 0.25) is 0 Å². The van der Waals surface area contributed by atoms with Gasteiger partial charge < -0.3 is 9.30 Å². The van der Waals surface area contributed by atoms with Gasteiger partial charge in [-0.1, -0.05) is 6.92 Å². The number of aromatic nitrogens is 4. The lowest BCUT2D eigenvalue weighted by Crippen LogP contribution is -2.44. The number of piperidine rings is 1. The Morgan fingerprint density at radius 1 is 1.29 bits per heavy atom. The van der Waals surface area contributed by atoms with Gasteiger partial charge in [-0.15, -0.1) is 0 Å². The highest BCUT2D eigenvalue weighted by Crippen LogP contribution is 2.21. The number of rotatable bonds is 5. The molecule has 0 radical (unpaired) electrons. The zero-order valence-electron chi connectivity index (χ0n) is 13.8. The van der Waals surface area contributed by atoms with E-state index in [4.69, 9.17) is 4.74 Å². The number of imidazole rings is 1. The maximum absolute atomic E-state index is 12.6. The molecule has 1 aliphatic heterocycles. The Kier molecular flexibility index (Phi) is 4.81. The van der Waals surface area contributed by atoms with Crippen LogP contribution >= 0.6 is 0 Å². The quantitative estimate of drug-likeness (QED) is 0.798. The van der Waals surface area contributed by atoms with Crippen molar-refractivity contribution in [1.82, 2.24) is 23.8 Å². The second kappa shape index (κ2) is 6.86. The van der Waals surface area contributed by atoms with Gasteiger partial charge in [0.1, 0.15) is 6.10 Å². The van der Waals surface area contributed by atoms with E-state index >= 15 is 0 Å². The second-order valence-corrected chi connectivity index (χ2v) is 7.73. The third-order valence-corrected chi connectivity index (χ3v) is 5.74. The maximum atomic E-state index is 12.6. The fourth-order valence-electron chi connectivity index (χ4n) is 2.61. The van der Waals surface area contributed by atoms with Crippen LogP contribution in [-0.4, -0.2) is 51.4 Å². The van der Waals surface area contributed by atoms with E-state index in [9.17, 15) is 8.42 Å². The second-order valence-electron chi connectivity index (χ2n) is 5.85. The molecule has 8 nitrogen and oxygen atoms in total. The lowest BCUT2D eigenvalue weighted by atomic mass is 10.1. The average molecular weight is 351 g/mol. The summed E-state index contributed by atoms with van der Waals surface area (Å²) in [4.78, 5) is 12.3. The van der Waals surface area contributed by atoms with Gasteiger partial charge in [0, 0.05) is 32.2 Å². The Morgan fingerprint density at radius 3 is 2.67 bits per heavy atom. The van der Waals surface area contributed by atoms with Crippen LogP contribution in [0.5, 0.6) is 6.01 Å². The van der Waals surface area contributed by atoms with E-state index in [2.05, 4.69) is 15.0 Å². The Hall–Kier alpha value is -2.00. The molecule has 1 atom stereocenters. The maximum Gasteiger partial charge on any atom is 0.316 e. The van der Waals surface area contributed by atoms with E-state index in [0.29, 0.717) is 6.54 Å². The SMILES string of the molecule is CCc1cnc(OC2CCCN(S(=O)(=O)c3cn(C)cn3)C2)nc1. The van der Waals surface area contributed by atoms with Crippen molar-refractivity contribution < 1.29 is 13.2 Å². The van der Waals surface area contributed by atoms with Gasteiger partial charge in [-0.25, -0.2) is 23.4 Å². The molecular weight excluding hydrogens is 330 g/mol. The van der Waals surface area contributed by atoms with Gasteiger partial charge in [0.15, 0.2) is 5.03 Å². The molecule has 24 heavy (non-hydrogen) atoms. The summed E-state index contributed by atoms with van der Waals surface area (Å²) < 4.78 is 34.1. The Labute approximate surface area is 141 Å². The molecule has 0 saturated carbocycles. The minimum atomic E-state index is -3.60. The van der Waals surface area contributed by atoms with Crippen molar-refractivity contribution in [2.24, 2.45) is 7.05 Å². The Morgan fingerprint density at radius 2 is 2.04 bits per heavy atom. The average Bonchev–Trinajstić information content (AvgIpc) is 3.03. The molecule has 0 amide bonds. The highest BCUT2D eigenvalue weighted by atomic mass is 32.2. The van der Waals surface area contributed by atoms with Gasteiger partial charge in [-0.2, -0.15) is 4.31 Å².